The van der Waals surface area contributed by atoms with Gasteiger partial charge in [0.25, 0.3) is 0 Å². The molecule has 2 aromatic carbocycles. The summed E-state index contributed by atoms with van der Waals surface area (Å²) in [4.78, 5) is 19.7. The van der Waals surface area contributed by atoms with E-state index in [1.54, 1.807) is 0 Å². The molecule has 27 heavy (non-hydrogen) atoms. The molecule has 2 aliphatic rings. The number of Topliss-reactive ketones (excluding diaryl/α,β-unsaturated/α-hetero) is 1. The van der Waals surface area contributed by atoms with Crippen LogP contribution in [0.3, 0.4) is 0 Å². The number of fused-ring (bicyclic) bond motifs is 1. The molecule has 0 radical (unpaired) electrons. The zero-order chi connectivity index (χ0) is 18.5. The van der Waals surface area contributed by atoms with Crippen LogP contribution in [0.1, 0.15) is 36.0 Å². The molecule has 0 aliphatic carbocycles. The first-order chi connectivity index (χ1) is 13.3. The molecule has 0 aromatic heterocycles. The van der Waals surface area contributed by atoms with Crippen molar-refractivity contribution in [1.29, 1.82) is 0 Å². The molecule has 0 saturated carbocycles. The van der Waals surface area contributed by atoms with Crippen molar-refractivity contribution in [3.05, 3.63) is 54.1 Å². The Morgan fingerprint density at radius 2 is 1.78 bits per heavy atom. The van der Waals surface area contributed by atoms with Crippen LogP contribution in [-0.2, 0) is 0 Å². The van der Waals surface area contributed by atoms with Crippen LogP contribution in [0.2, 0.25) is 0 Å². The van der Waals surface area contributed by atoms with Crippen LogP contribution in [0.4, 0.5) is 5.69 Å². The van der Waals surface area contributed by atoms with Crippen molar-refractivity contribution < 1.29 is 14.3 Å². The Labute approximate surface area is 159 Å². The van der Waals surface area contributed by atoms with Crippen molar-refractivity contribution in [2.75, 3.05) is 31.2 Å². The predicted octanol–water partition coefficient (Wildman–Crippen LogP) is 4.12. The van der Waals surface area contributed by atoms with Crippen LogP contribution in [0, 0.1) is 0 Å². The molecule has 140 valence electrons. The Morgan fingerprint density at radius 3 is 2.63 bits per heavy atom. The second-order valence-corrected chi connectivity index (χ2v) is 6.81. The fourth-order valence-corrected chi connectivity index (χ4v) is 3.47. The first kappa shape index (κ1) is 17.6. The zero-order valence-electron chi connectivity index (χ0n) is 15.4. The van der Waals surface area contributed by atoms with E-state index < -0.39 is 0 Å². The number of ether oxygens (including phenoxy) is 2. The SMILES string of the molecule is O=C(CN(C1=NCCCCC1)c1ccc2c(c1)OCCO2)c1ccccc1. The number of rotatable bonds is 4. The topological polar surface area (TPSA) is 51.1 Å². The molecule has 0 saturated heterocycles. The molecule has 0 spiro atoms. The van der Waals surface area contributed by atoms with Gasteiger partial charge in [0.1, 0.15) is 19.0 Å². The maximum Gasteiger partial charge on any atom is 0.182 e. The quantitative estimate of drug-likeness (QED) is 0.766. The normalized spacial score (nSPS) is 16.2. The maximum atomic E-state index is 12.9. The number of carbonyl (C=O) groups excluding carboxylic acids is 1. The highest BCUT2D eigenvalue weighted by Gasteiger charge is 2.22. The summed E-state index contributed by atoms with van der Waals surface area (Å²) in [6.45, 7) is 2.19. The molecule has 2 aromatic rings. The van der Waals surface area contributed by atoms with Gasteiger partial charge in [-0.1, -0.05) is 36.8 Å². The number of aliphatic imine (C=N–C) groups is 1. The Morgan fingerprint density at radius 1 is 0.963 bits per heavy atom. The lowest BCUT2D eigenvalue weighted by atomic mass is 10.1. The Kier molecular flexibility index (Phi) is 5.37. The number of nitrogens with zero attached hydrogens (tertiary/aromatic N) is 2. The van der Waals surface area contributed by atoms with Gasteiger partial charge in [-0.15, -0.1) is 0 Å². The average Bonchev–Trinajstić information content (AvgIpc) is 3.01. The van der Waals surface area contributed by atoms with E-state index in [0.29, 0.717) is 18.8 Å². The maximum absolute atomic E-state index is 12.9. The van der Waals surface area contributed by atoms with E-state index in [1.165, 1.54) is 6.42 Å². The van der Waals surface area contributed by atoms with Gasteiger partial charge in [-0.05, 0) is 25.0 Å². The fourth-order valence-electron chi connectivity index (χ4n) is 3.47. The Bertz CT molecular complexity index is 833. The van der Waals surface area contributed by atoms with E-state index in [1.807, 2.05) is 53.4 Å². The summed E-state index contributed by atoms with van der Waals surface area (Å²) < 4.78 is 11.4. The third-order valence-corrected chi connectivity index (χ3v) is 4.90. The van der Waals surface area contributed by atoms with Gasteiger partial charge >= 0.3 is 0 Å². The largest absolute Gasteiger partial charge is 0.486 e. The van der Waals surface area contributed by atoms with Crippen molar-refractivity contribution in [1.82, 2.24) is 0 Å². The van der Waals surface area contributed by atoms with E-state index in [0.717, 1.165) is 48.8 Å². The summed E-state index contributed by atoms with van der Waals surface area (Å²) >= 11 is 0. The summed E-state index contributed by atoms with van der Waals surface area (Å²) in [6.07, 6.45) is 4.26. The summed E-state index contributed by atoms with van der Waals surface area (Å²) in [7, 11) is 0. The van der Waals surface area contributed by atoms with Gasteiger partial charge < -0.3 is 14.4 Å². The lowest BCUT2D eigenvalue weighted by molar-refractivity contribution is 0.100. The number of amidine groups is 1. The van der Waals surface area contributed by atoms with Crippen LogP contribution < -0.4 is 14.4 Å². The molecule has 0 unspecified atom stereocenters. The molecule has 0 atom stereocenters. The number of anilines is 1. The summed E-state index contributed by atoms with van der Waals surface area (Å²) in [5, 5.41) is 0. The summed E-state index contributed by atoms with van der Waals surface area (Å²) in [5.74, 6) is 2.54. The third-order valence-electron chi connectivity index (χ3n) is 4.90. The van der Waals surface area contributed by atoms with E-state index in [-0.39, 0.29) is 12.3 Å². The molecule has 0 bridgehead atoms. The Hall–Kier alpha value is -2.82. The summed E-state index contributed by atoms with van der Waals surface area (Å²) in [6, 6.07) is 15.3. The number of hydrogen-bond donors (Lipinski definition) is 0. The lowest BCUT2D eigenvalue weighted by Gasteiger charge is -2.27. The lowest BCUT2D eigenvalue weighted by Crippen LogP contribution is -2.36. The van der Waals surface area contributed by atoms with Gasteiger partial charge in [-0.25, -0.2) is 0 Å². The molecule has 5 nitrogen and oxygen atoms in total. The highest BCUT2D eigenvalue weighted by molar-refractivity contribution is 6.07. The first-order valence-corrected chi connectivity index (χ1v) is 9.60. The number of hydrogen-bond acceptors (Lipinski definition) is 5. The monoisotopic (exact) mass is 364 g/mol. The van der Waals surface area contributed by atoms with Crippen molar-refractivity contribution >= 4 is 17.3 Å². The predicted molar refractivity (Wildman–Crippen MR) is 106 cm³/mol. The van der Waals surface area contributed by atoms with Gasteiger partial charge in [-0.3, -0.25) is 9.79 Å². The minimum Gasteiger partial charge on any atom is -0.486 e. The number of carbonyl (C=O) groups is 1. The third kappa shape index (κ3) is 4.13. The highest BCUT2D eigenvalue weighted by Crippen LogP contribution is 2.34. The smallest absolute Gasteiger partial charge is 0.182 e. The van der Waals surface area contributed by atoms with Crippen LogP contribution in [0.5, 0.6) is 11.5 Å². The minimum absolute atomic E-state index is 0.0810. The van der Waals surface area contributed by atoms with Gasteiger partial charge in [0.15, 0.2) is 17.3 Å². The van der Waals surface area contributed by atoms with Crippen molar-refractivity contribution in [2.24, 2.45) is 4.99 Å². The molecule has 0 fully saturated rings. The van der Waals surface area contributed by atoms with Crippen LogP contribution in [0.25, 0.3) is 0 Å². The molecule has 2 aliphatic heterocycles. The van der Waals surface area contributed by atoms with Crippen LogP contribution >= 0.6 is 0 Å². The van der Waals surface area contributed by atoms with E-state index in [2.05, 4.69) is 0 Å². The van der Waals surface area contributed by atoms with Gasteiger partial charge in [0, 0.05) is 30.3 Å². The van der Waals surface area contributed by atoms with Crippen LogP contribution in [0.15, 0.2) is 53.5 Å². The van der Waals surface area contributed by atoms with E-state index >= 15 is 0 Å². The second kappa shape index (κ2) is 8.25. The van der Waals surface area contributed by atoms with Crippen molar-refractivity contribution in [3.63, 3.8) is 0 Å². The fraction of sp³-hybridized carbons (Fsp3) is 0.364. The first-order valence-electron chi connectivity index (χ1n) is 9.60. The number of benzene rings is 2. The number of ketones is 1. The standard InChI is InChI=1S/C22H24N2O3/c25-19(17-7-3-1-4-8-17)16-24(22-9-5-2-6-12-23-22)18-10-11-20-21(15-18)27-14-13-26-20/h1,3-4,7-8,10-11,15H,2,5-6,9,12-14,16H2. The highest BCUT2D eigenvalue weighted by atomic mass is 16.6. The van der Waals surface area contributed by atoms with Crippen LogP contribution in [-0.4, -0.2) is 37.9 Å². The summed E-state index contributed by atoms with van der Waals surface area (Å²) in [5.41, 5.74) is 1.64. The molecule has 2 heterocycles. The van der Waals surface area contributed by atoms with Crippen molar-refractivity contribution in [2.45, 2.75) is 25.7 Å². The molecular weight excluding hydrogens is 340 g/mol. The van der Waals surface area contributed by atoms with E-state index in [9.17, 15) is 4.79 Å². The van der Waals surface area contributed by atoms with Gasteiger partial charge in [-0.2, -0.15) is 0 Å². The molecular formula is C22H24N2O3. The molecule has 4 rings (SSSR count). The van der Waals surface area contributed by atoms with E-state index in [4.69, 9.17) is 14.5 Å². The average molecular weight is 364 g/mol. The molecule has 0 amide bonds. The minimum atomic E-state index is 0.0810. The van der Waals surface area contributed by atoms with Crippen molar-refractivity contribution in [3.8, 4) is 11.5 Å². The Balaban J connectivity index is 1.65. The van der Waals surface area contributed by atoms with Gasteiger partial charge in [0.05, 0.1) is 6.54 Å². The zero-order valence-corrected chi connectivity index (χ0v) is 15.4. The second-order valence-electron chi connectivity index (χ2n) is 6.81. The molecule has 0 N–H and O–H groups in total. The molecule has 5 heteroatoms. The van der Waals surface area contributed by atoms with Gasteiger partial charge in [0.2, 0.25) is 0 Å².